The van der Waals surface area contributed by atoms with Crippen LogP contribution in [0.4, 0.5) is 5.69 Å². The number of benzene rings is 2. The summed E-state index contributed by atoms with van der Waals surface area (Å²) >= 11 is 0. The molecule has 0 spiro atoms. The van der Waals surface area contributed by atoms with E-state index >= 15 is 0 Å². The first-order valence-electron chi connectivity index (χ1n) is 7.60. The molecule has 0 radical (unpaired) electrons. The summed E-state index contributed by atoms with van der Waals surface area (Å²) in [6.07, 6.45) is 5.47. The van der Waals surface area contributed by atoms with Crippen molar-refractivity contribution in [3.8, 4) is 0 Å². The molecular formula is C19H17NO2. The van der Waals surface area contributed by atoms with Gasteiger partial charge in [-0.15, -0.1) is 0 Å². The minimum atomic E-state index is -0.878. The van der Waals surface area contributed by atoms with Gasteiger partial charge in [0.25, 0.3) is 0 Å². The van der Waals surface area contributed by atoms with Gasteiger partial charge < -0.3 is 10.4 Å². The summed E-state index contributed by atoms with van der Waals surface area (Å²) in [5.41, 5.74) is 3.45. The number of allylic oxidation sites excluding steroid dienone is 2. The molecule has 0 fully saturated rings. The molecule has 0 saturated heterocycles. The zero-order chi connectivity index (χ0) is 15.1. The highest BCUT2D eigenvalue weighted by molar-refractivity contribution is 5.95. The molecule has 1 heterocycles. The third-order valence-electron chi connectivity index (χ3n) is 4.79. The quantitative estimate of drug-likeness (QED) is 0.815. The van der Waals surface area contributed by atoms with Crippen molar-refractivity contribution >= 4 is 11.7 Å². The average molecular weight is 291 g/mol. The lowest BCUT2D eigenvalue weighted by molar-refractivity contribution is 0.0697. The molecular weight excluding hydrogens is 274 g/mol. The first kappa shape index (κ1) is 13.1. The number of carboxylic acid groups (broad SMARTS) is 1. The summed E-state index contributed by atoms with van der Waals surface area (Å²) < 4.78 is 0. The molecule has 0 bridgehead atoms. The Morgan fingerprint density at radius 1 is 1.09 bits per heavy atom. The van der Waals surface area contributed by atoms with Crippen molar-refractivity contribution in [2.24, 2.45) is 5.92 Å². The van der Waals surface area contributed by atoms with Gasteiger partial charge in [0.05, 0.1) is 17.3 Å². The van der Waals surface area contributed by atoms with Crippen LogP contribution in [0.1, 0.15) is 39.9 Å². The van der Waals surface area contributed by atoms with E-state index in [1.807, 2.05) is 30.3 Å². The Labute approximate surface area is 129 Å². The Kier molecular flexibility index (Phi) is 3.00. The lowest BCUT2D eigenvalue weighted by atomic mass is 9.76. The SMILES string of the molecule is O=C(O)c1cccc2c1N[C@@H](c1ccccc1)[C@H]1CC=C[C@@H]21. The molecule has 0 amide bonds. The van der Waals surface area contributed by atoms with E-state index < -0.39 is 5.97 Å². The van der Waals surface area contributed by atoms with Crippen molar-refractivity contribution in [1.29, 1.82) is 0 Å². The minimum absolute atomic E-state index is 0.147. The minimum Gasteiger partial charge on any atom is -0.478 e. The smallest absolute Gasteiger partial charge is 0.337 e. The predicted octanol–water partition coefficient (Wildman–Crippen LogP) is 4.21. The summed E-state index contributed by atoms with van der Waals surface area (Å²) in [5.74, 6) is -0.142. The maximum absolute atomic E-state index is 11.6. The number of carboxylic acids is 1. The highest BCUT2D eigenvalue weighted by Crippen LogP contribution is 2.50. The van der Waals surface area contributed by atoms with E-state index in [1.165, 1.54) is 5.56 Å². The van der Waals surface area contributed by atoms with Gasteiger partial charge in [0.2, 0.25) is 0 Å². The molecule has 3 heteroatoms. The monoisotopic (exact) mass is 291 g/mol. The number of nitrogens with one attached hydrogen (secondary N) is 1. The Balaban J connectivity index is 1.85. The van der Waals surface area contributed by atoms with Crippen LogP contribution in [0.15, 0.2) is 60.7 Å². The molecule has 2 aromatic carbocycles. The number of hydrogen-bond acceptors (Lipinski definition) is 2. The number of hydrogen-bond donors (Lipinski definition) is 2. The second kappa shape index (κ2) is 5.02. The lowest BCUT2D eigenvalue weighted by Crippen LogP contribution is -2.30. The van der Waals surface area contributed by atoms with Gasteiger partial charge in [0, 0.05) is 5.92 Å². The Morgan fingerprint density at radius 2 is 1.91 bits per heavy atom. The van der Waals surface area contributed by atoms with Crippen molar-refractivity contribution in [3.05, 3.63) is 77.4 Å². The van der Waals surface area contributed by atoms with Crippen LogP contribution in [-0.2, 0) is 0 Å². The first-order chi connectivity index (χ1) is 10.8. The van der Waals surface area contributed by atoms with E-state index in [2.05, 4.69) is 29.6 Å². The van der Waals surface area contributed by atoms with Crippen molar-refractivity contribution in [2.45, 2.75) is 18.4 Å². The maximum atomic E-state index is 11.6. The Bertz CT molecular complexity index is 751. The van der Waals surface area contributed by atoms with Crippen LogP contribution >= 0.6 is 0 Å². The van der Waals surface area contributed by atoms with Gasteiger partial charge in [-0.2, -0.15) is 0 Å². The van der Waals surface area contributed by atoms with Gasteiger partial charge in [-0.3, -0.25) is 0 Å². The van der Waals surface area contributed by atoms with Gasteiger partial charge in [0.15, 0.2) is 0 Å². The first-order valence-corrected chi connectivity index (χ1v) is 7.60. The van der Waals surface area contributed by atoms with E-state index in [0.29, 0.717) is 17.4 Å². The lowest BCUT2D eigenvalue weighted by Gasteiger charge is -2.38. The summed E-state index contributed by atoms with van der Waals surface area (Å²) in [6.45, 7) is 0. The standard InChI is InChI=1S/C19H17NO2/c21-19(22)16-11-5-10-15-13-8-4-9-14(13)17(20-18(15)16)12-6-2-1-3-7-12/h1-8,10-11,13-14,17,20H,9H2,(H,21,22)/t13-,14+,17+/m1/s1. The number of aromatic carboxylic acids is 1. The highest BCUT2D eigenvalue weighted by Gasteiger charge is 2.39. The molecule has 0 unspecified atom stereocenters. The zero-order valence-electron chi connectivity index (χ0n) is 12.1. The molecule has 3 nitrogen and oxygen atoms in total. The molecule has 4 rings (SSSR count). The maximum Gasteiger partial charge on any atom is 0.337 e. The van der Waals surface area contributed by atoms with Gasteiger partial charge >= 0.3 is 5.97 Å². The molecule has 1 aliphatic heterocycles. The van der Waals surface area contributed by atoms with E-state index in [4.69, 9.17) is 0 Å². The van der Waals surface area contributed by atoms with Crippen LogP contribution in [0.5, 0.6) is 0 Å². The van der Waals surface area contributed by atoms with Crippen molar-refractivity contribution in [1.82, 2.24) is 0 Å². The number of rotatable bonds is 2. The largest absolute Gasteiger partial charge is 0.478 e. The van der Waals surface area contributed by atoms with Gasteiger partial charge in [0.1, 0.15) is 0 Å². The molecule has 2 aromatic rings. The summed E-state index contributed by atoms with van der Waals surface area (Å²) in [7, 11) is 0. The van der Waals surface area contributed by atoms with Crippen LogP contribution in [0.25, 0.3) is 0 Å². The van der Waals surface area contributed by atoms with Crippen molar-refractivity contribution in [3.63, 3.8) is 0 Å². The van der Waals surface area contributed by atoms with Crippen molar-refractivity contribution in [2.75, 3.05) is 5.32 Å². The zero-order valence-corrected chi connectivity index (χ0v) is 12.1. The fraction of sp³-hybridized carbons (Fsp3) is 0.211. The summed E-state index contributed by atoms with van der Waals surface area (Å²) in [4.78, 5) is 11.6. The molecule has 110 valence electrons. The third-order valence-corrected chi connectivity index (χ3v) is 4.79. The molecule has 3 atom stereocenters. The van der Waals surface area contributed by atoms with E-state index in [1.54, 1.807) is 6.07 Å². The second-order valence-corrected chi connectivity index (χ2v) is 5.96. The van der Waals surface area contributed by atoms with Gasteiger partial charge in [-0.25, -0.2) is 4.79 Å². The number of carbonyl (C=O) groups is 1. The Hall–Kier alpha value is -2.55. The summed E-state index contributed by atoms with van der Waals surface area (Å²) in [5, 5.41) is 13.0. The normalized spacial score (nSPS) is 25.2. The molecule has 1 aliphatic carbocycles. The van der Waals surface area contributed by atoms with Crippen LogP contribution in [0, 0.1) is 5.92 Å². The number of para-hydroxylation sites is 1. The molecule has 2 N–H and O–H groups in total. The third kappa shape index (κ3) is 1.93. The van der Waals surface area contributed by atoms with Crippen LogP contribution in [-0.4, -0.2) is 11.1 Å². The van der Waals surface area contributed by atoms with E-state index in [-0.39, 0.29) is 6.04 Å². The van der Waals surface area contributed by atoms with Gasteiger partial charge in [-0.05, 0) is 29.5 Å². The number of fused-ring (bicyclic) bond motifs is 3. The predicted molar refractivity (Wildman–Crippen MR) is 86.2 cm³/mol. The van der Waals surface area contributed by atoms with E-state index in [0.717, 1.165) is 17.7 Å². The molecule has 22 heavy (non-hydrogen) atoms. The van der Waals surface area contributed by atoms with E-state index in [9.17, 15) is 9.90 Å². The molecule has 2 aliphatic rings. The Morgan fingerprint density at radius 3 is 2.68 bits per heavy atom. The fourth-order valence-corrected chi connectivity index (χ4v) is 3.79. The second-order valence-electron chi connectivity index (χ2n) is 5.96. The fourth-order valence-electron chi connectivity index (χ4n) is 3.79. The molecule has 0 saturated carbocycles. The van der Waals surface area contributed by atoms with Crippen LogP contribution in [0.2, 0.25) is 0 Å². The van der Waals surface area contributed by atoms with Crippen LogP contribution < -0.4 is 5.32 Å². The van der Waals surface area contributed by atoms with Crippen LogP contribution in [0.3, 0.4) is 0 Å². The number of anilines is 1. The average Bonchev–Trinajstić information content (AvgIpc) is 3.04. The topological polar surface area (TPSA) is 49.3 Å². The molecule has 0 aromatic heterocycles. The van der Waals surface area contributed by atoms with Gasteiger partial charge in [-0.1, -0.05) is 54.6 Å². The summed E-state index contributed by atoms with van der Waals surface area (Å²) in [6, 6.07) is 16.0. The highest BCUT2D eigenvalue weighted by atomic mass is 16.4. The van der Waals surface area contributed by atoms with Crippen molar-refractivity contribution < 1.29 is 9.90 Å².